The summed E-state index contributed by atoms with van der Waals surface area (Å²) in [6, 6.07) is 27.2. The Morgan fingerprint density at radius 2 is 1.47 bits per heavy atom. The molecule has 0 aliphatic carbocycles. The van der Waals surface area contributed by atoms with Gasteiger partial charge in [0.1, 0.15) is 0 Å². The van der Waals surface area contributed by atoms with Gasteiger partial charge < -0.3 is 9.55 Å². The van der Waals surface area contributed by atoms with E-state index in [4.69, 9.17) is 11.6 Å². The predicted octanol–water partition coefficient (Wildman–Crippen LogP) is 6.84. The molecular formula is C26H20ClN3. The monoisotopic (exact) mass is 409 g/mol. The minimum atomic E-state index is 0.00857. The maximum atomic E-state index is 6.10. The van der Waals surface area contributed by atoms with Crippen molar-refractivity contribution in [2.75, 3.05) is 0 Å². The SMILES string of the molecule is Clc1ccc(-c2c[nH]cc2C(c2ccc(-c3ccccc3)cc2)n2ccnc2)cc1. The highest BCUT2D eigenvalue weighted by Crippen LogP contribution is 2.35. The molecule has 3 nitrogen and oxygen atoms in total. The Hall–Kier alpha value is -3.56. The Morgan fingerprint density at radius 3 is 2.17 bits per heavy atom. The zero-order valence-electron chi connectivity index (χ0n) is 16.2. The number of imidazole rings is 1. The molecule has 1 unspecified atom stereocenters. The van der Waals surface area contributed by atoms with E-state index in [2.05, 4.69) is 81.4 Å². The fraction of sp³-hybridized carbons (Fsp3) is 0.0385. The number of aromatic amines is 1. The molecule has 3 aromatic carbocycles. The van der Waals surface area contributed by atoms with Gasteiger partial charge in [0.25, 0.3) is 0 Å². The van der Waals surface area contributed by atoms with E-state index in [1.54, 1.807) is 0 Å². The van der Waals surface area contributed by atoms with Crippen LogP contribution in [0.4, 0.5) is 0 Å². The maximum Gasteiger partial charge on any atom is 0.0954 e. The Kier molecular flexibility index (Phi) is 4.96. The fourth-order valence-corrected chi connectivity index (χ4v) is 4.03. The number of nitrogens with one attached hydrogen (secondary N) is 1. The second kappa shape index (κ2) is 8.05. The lowest BCUT2D eigenvalue weighted by Gasteiger charge is -2.21. The molecule has 0 aliphatic rings. The summed E-state index contributed by atoms with van der Waals surface area (Å²) in [4.78, 5) is 7.59. The summed E-state index contributed by atoms with van der Waals surface area (Å²) in [7, 11) is 0. The molecule has 0 saturated heterocycles. The molecule has 1 N–H and O–H groups in total. The summed E-state index contributed by atoms with van der Waals surface area (Å²) in [6.07, 6.45) is 9.81. The number of hydrogen-bond acceptors (Lipinski definition) is 1. The van der Waals surface area contributed by atoms with Crippen LogP contribution >= 0.6 is 11.6 Å². The zero-order valence-corrected chi connectivity index (χ0v) is 17.0. The minimum Gasteiger partial charge on any atom is -0.367 e. The van der Waals surface area contributed by atoms with Crippen molar-refractivity contribution in [1.82, 2.24) is 14.5 Å². The first kappa shape index (κ1) is 18.5. The standard InChI is InChI=1S/C26H20ClN3/c27-23-12-10-21(11-13-23)24-16-29-17-25(24)26(30-15-14-28-18-30)22-8-6-20(7-9-22)19-4-2-1-3-5-19/h1-18,26,29H. The van der Waals surface area contributed by atoms with E-state index in [-0.39, 0.29) is 6.04 Å². The normalized spacial score (nSPS) is 12.0. The molecule has 4 heteroatoms. The van der Waals surface area contributed by atoms with Crippen molar-refractivity contribution in [2.45, 2.75) is 6.04 Å². The van der Waals surface area contributed by atoms with E-state index in [0.29, 0.717) is 0 Å². The number of H-pyrrole nitrogens is 1. The number of aromatic nitrogens is 3. The van der Waals surface area contributed by atoms with Gasteiger partial charge in [0.05, 0.1) is 12.4 Å². The molecule has 0 aliphatic heterocycles. The van der Waals surface area contributed by atoms with Crippen LogP contribution in [0.5, 0.6) is 0 Å². The quantitative estimate of drug-likeness (QED) is 0.339. The van der Waals surface area contributed by atoms with Gasteiger partial charge in [-0.15, -0.1) is 0 Å². The molecule has 1 atom stereocenters. The van der Waals surface area contributed by atoms with Crippen LogP contribution in [0, 0.1) is 0 Å². The van der Waals surface area contributed by atoms with Crippen LogP contribution in [0.15, 0.2) is 110 Å². The number of rotatable bonds is 5. The van der Waals surface area contributed by atoms with E-state index in [1.807, 2.05) is 43.1 Å². The predicted molar refractivity (Wildman–Crippen MR) is 123 cm³/mol. The van der Waals surface area contributed by atoms with Gasteiger partial charge in [-0.3, -0.25) is 0 Å². The summed E-state index contributed by atoms with van der Waals surface area (Å²) in [5.74, 6) is 0. The molecule has 0 fully saturated rings. The first-order valence-corrected chi connectivity index (χ1v) is 10.2. The van der Waals surface area contributed by atoms with Crippen LogP contribution in [-0.2, 0) is 0 Å². The van der Waals surface area contributed by atoms with Crippen molar-refractivity contribution in [2.24, 2.45) is 0 Å². The van der Waals surface area contributed by atoms with E-state index in [1.165, 1.54) is 22.3 Å². The van der Waals surface area contributed by atoms with Gasteiger partial charge in [0.15, 0.2) is 0 Å². The number of halogens is 1. The minimum absolute atomic E-state index is 0.00857. The van der Waals surface area contributed by atoms with Crippen molar-refractivity contribution in [3.05, 3.63) is 126 Å². The average molecular weight is 410 g/mol. The number of benzene rings is 3. The van der Waals surface area contributed by atoms with Gasteiger partial charge in [0.2, 0.25) is 0 Å². The van der Waals surface area contributed by atoms with Gasteiger partial charge in [0, 0.05) is 40.9 Å². The van der Waals surface area contributed by atoms with Crippen molar-refractivity contribution < 1.29 is 0 Å². The third-order valence-electron chi connectivity index (χ3n) is 5.38. The zero-order chi connectivity index (χ0) is 20.3. The first-order valence-electron chi connectivity index (χ1n) is 9.85. The van der Waals surface area contributed by atoms with Crippen LogP contribution in [-0.4, -0.2) is 14.5 Å². The molecule has 5 rings (SSSR count). The second-order valence-electron chi connectivity index (χ2n) is 7.23. The number of nitrogens with zero attached hydrogens (tertiary/aromatic N) is 2. The van der Waals surface area contributed by atoms with E-state index < -0.39 is 0 Å². The number of hydrogen-bond donors (Lipinski definition) is 1. The van der Waals surface area contributed by atoms with Crippen molar-refractivity contribution >= 4 is 11.6 Å². The molecule has 2 heterocycles. The summed E-state index contributed by atoms with van der Waals surface area (Å²) in [5.41, 5.74) is 7.08. The third-order valence-corrected chi connectivity index (χ3v) is 5.64. The summed E-state index contributed by atoms with van der Waals surface area (Å²) in [5, 5.41) is 0.735. The molecular weight excluding hydrogens is 390 g/mol. The largest absolute Gasteiger partial charge is 0.367 e. The van der Waals surface area contributed by atoms with E-state index in [0.717, 1.165) is 16.1 Å². The topological polar surface area (TPSA) is 33.6 Å². The highest BCUT2D eigenvalue weighted by Gasteiger charge is 2.21. The van der Waals surface area contributed by atoms with E-state index in [9.17, 15) is 0 Å². The van der Waals surface area contributed by atoms with Crippen LogP contribution < -0.4 is 0 Å². The summed E-state index contributed by atoms with van der Waals surface area (Å²) in [6.45, 7) is 0. The highest BCUT2D eigenvalue weighted by atomic mass is 35.5. The van der Waals surface area contributed by atoms with Crippen molar-refractivity contribution in [3.63, 3.8) is 0 Å². The van der Waals surface area contributed by atoms with Gasteiger partial charge in [-0.1, -0.05) is 78.3 Å². The van der Waals surface area contributed by atoms with Gasteiger partial charge in [-0.05, 0) is 34.4 Å². The first-order chi connectivity index (χ1) is 14.8. The smallest absolute Gasteiger partial charge is 0.0954 e. The van der Waals surface area contributed by atoms with Gasteiger partial charge in [-0.25, -0.2) is 4.98 Å². The molecule has 0 amide bonds. The highest BCUT2D eigenvalue weighted by molar-refractivity contribution is 6.30. The molecule has 5 aromatic rings. The molecule has 0 bridgehead atoms. The lowest BCUT2D eigenvalue weighted by Crippen LogP contribution is -2.11. The van der Waals surface area contributed by atoms with Crippen LogP contribution in [0.3, 0.4) is 0 Å². The molecule has 2 aromatic heterocycles. The lowest BCUT2D eigenvalue weighted by atomic mass is 9.93. The molecule has 0 radical (unpaired) electrons. The van der Waals surface area contributed by atoms with Crippen molar-refractivity contribution in [3.8, 4) is 22.3 Å². The van der Waals surface area contributed by atoms with E-state index >= 15 is 0 Å². The summed E-state index contributed by atoms with van der Waals surface area (Å²) >= 11 is 6.10. The Balaban J connectivity index is 1.58. The molecule has 0 saturated carbocycles. The Labute approximate surface area is 180 Å². The van der Waals surface area contributed by atoms with Gasteiger partial charge in [-0.2, -0.15) is 0 Å². The third kappa shape index (κ3) is 3.56. The van der Waals surface area contributed by atoms with Crippen LogP contribution in [0.1, 0.15) is 17.2 Å². The second-order valence-corrected chi connectivity index (χ2v) is 7.67. The lowest BCUT2D eigenvalue weighted by molar-refractivity contribution is 0.679. The van der Waals surface area contributed by atoms with Crippen LogP contribution in [0.2, 0.25) is 5.02 Å². The fourth-order valence-electron chi connectivity index (χ4n) is 3.90. The molecule has 0 spiro atoms. The maximum absolute atomic E-state index is 6.10. The summed E-state index contributed by atoms with van der Waals surface area (Å²) < 4.78 is 2.14. The van der Waals surface area contributed by atoms with Crippen molar-refractivity contribution in [1.29, 1.82) is 0 Å². The Bertz CT molecular complexity index is 1220. The average Bonchev–Trinajstić information content (AvgIpc) is 3.49. The van der Waals surface area contributed by atoms with Crippen LogP contribution in [0.25, 0.3) is 22.3 Å². The van der Waals surface area contributed by atoms with Gasteiger partial charge >= 0.3 is 0 Å². The Morgan fingerprint density at radius 1 is 0.767 bits per heavy atom. The molecule has 30 heavy (non-hydrogen) atoms. The molecule has 146 valence electrons.